The number of rotatable bonds is 6. The van der Waals surface area contributed by atoms with Gasteiger partial charge >= 0.3 is 5.97 Å². The first-order valence-corrected chi connectivity index (χ1v) is 5.89. The van der Waals surface area contributed by atoms with Gasteiger partial charge in [0.05, 0.1) is 5.56 Å². The smallest absolute Gasteiger partial charge is 0.335 e. The molecule has 0 fully saturated rings. The van der Waals surface area contributed by atoms with E-state index in [2.05, 4.69) is 10.6 Å². The summed E-state index contributed by atoms with van der Waals surface area (Å²) in [5.41, 5.74) is 0.662. The van der Waals surface area contributed by atoms with Crippen molar-refractivity contribution < 1.29 is 14.7 Å². The van der Waals surface area contributed by atoms with Crippen molar-refractivity contribution in [2.45, 2.75) is 13.8 Å². The summed E-state index contributed by atoms with van der Waals surface area (Å²) in [5, 5.41) is 14.6. The Hall–Kier alpha value is -1.88. The van der Waals surface area contributed by atoms with Gasteiger partial charge in [0.1, 0.15) is 0 Å². The number of carbonyl (C=O) groups excluding carboxylic acids is 1. The standard InChI is InChI=1S/C13H18N2O3/c1-3-14-8-9(2)12(16)15-11-6-4-5-10(7-11)13(17)18/h4-7,9,14H,3,8H2,1-2H3,(H,15,16)(H,17,18). The van der Waals surface area contributed by atoms with E-state index >= 15 is 0 Å². The Balaban J connectivity index is 2.64. The lowest BCUT2D eigenvalue weighted by molar-refractivity contribution is -0.119. The predicted molar refractivity (Wildman–Crippen MR) is 69.7 cm³/mol. The number of aromatic carboxylic acids is 1. The van der Waals surface area contributed by atoms with Crippen LogP contribution in [-0.4, -0.2) is 30.1 Å². The zero-order valence-electron chi connectivity index (χ0n) is 10.6. The number of anilines is 1. The molecule has 0 aromatic heterocycles. The minimum absolute atomic E-state index is 0.126. The van der Waals surface area contributed by atoms with Gasteiger partial charge in [0, 0.05) is 18.2 Å². The Bertz CT molecular complexity index is 432. The van der Waals surface area contributed by atoms with Gasteiger partial charge in [-0.3, -0.25) is 4.79 Å². The Morgan fingerprint density at radius 3 is 2.72 bits per heavy atom. The molecule has 98 valence electrons. The first-order valence-electron chi connectivity index (χ1n) is 5.89. The molecule has 0 heterocycles. The molecule has 1 amide bonds. The van der Waals surface area contributed by atoms with Crippen molar-refractivity contribution in [2.24, 2.45) is 5.92 Å². The molecule has 0 bridgehead atoms. The van der Waals surface area contributed by atoms with Crippen molar-refractivity contribution in [3.05, 3.63) is 29.8 Å². The third kappa shape index (κ3) is 4.18. The van der Waals surface area contributed by atoms with Crippen molar-refractivity contribution in [1.82, 2.24) is 5.32 Å². The molecule has 5 nitrogen and oxygen atoms in total. The summed E-state index contributed by atoms with van der Waals surface area (Å²) in [4.78, 5) is 22.6. The molecule has 0 aliphatic rings. The lowest BCUT2D eigenvalue weighted by Crippen LogP contribution is -2.30. The normalized spacial score (nSPS) is 11.9. The fourth-order valence-electron chi connectivity index (χ4n) is 1.45. The van der Waals surface area contributed by atoms with Gasteiger partial charge in [0.25, 0.3) is 0 Å². The van der Waals surface area contributed by atoms with Gasteiger partial charge in [-0.25, -0.2) is 4.79 Å². The summed E-state index contributed by atoms with van der Waals surface area (Å²) in [6.45, 7) is 5.20. The molecule has 1 aromatic carbocycles. The van der Waals surface area contributed by atoms with E-state index in [1.54, 1.807) is 12.1 Å². The molecule has 0 radical (unpaired) electrons. The van der Waals surface area contributed by atoms with Gasteiger partial charge in [-0.05, 0) is 24.7 Å². The second-order valence-electron chi connectivity index (χ2n) is 4.08. The number of amides is 1. The highest BCUT2D eigenvalue weighted by atomic mass is 16.4. The number of hydrogen-bond donors (Lipinski definition) is 3. The third-order valence-electron chi connectivity index (χ3n) is 2.53. The first-order chi connectivity index (χ1) is 8.54. The molecule has 3 N–H and O–H groups in total. The van der Waals surface area contributed by atoms with Crippen molar-refractivity contribution >= 4 is 17.6 Å². The quantitative estimate of drug-likeness (QED) is 0.716. The molecule has 1 aromatic rings. The van der Waals surface area contributed by atoms with Crippen LogP contribution >= 0.6 is 0 Å². The van der Waals surface area contributed by atoms with Crippen molar-refractivity contribution in [3.8, 4) is 0 Å². The molecule has 0 aliphatic heterocycles. The second kappa shape index (κ2) is 6.76. The highest BCUT2D eigenvalue weighted by molar-refractivity contribution is 5.94. The van der Waals surface area contributed by atoms with E-state index in [1.165, 1.54) is 12.1 Å². The fraction of sp³-hybridized carbons (Fsp3) is 0.385. The highest BCUT2D eigenvalue weighted by Crippen LogP contribution is 2.11. The van der Waals surface area contributed by atoms with Gasteiger partial charge < -0.3 is 15.7 Å². The van der Waals surface area contributed by atoms with E-state index in [1.807, 2.05) is 13.8 Å². The summed E-state index contributed by atoms with van der Waals surface area (Å²) in [6, 6.07) is 6.21. The average molecular weight is 250 g/mol. The van der Waals surface area contributed by atoms with E-state index in [4.69, 9.17) is 5.11 Å². The van der Waals surface area contributed by atoms with Crippen LogP contribution in [0.2, 0.25) is 0 Å². The number of carboxylic acid groups (broad SMARTS) is 1. The SMILES string of the molecule is CCNCC(C)C(=O)Nc1cccc(C(=O)O)c1. The zero-order chi connectivity index (χ0) is 13.5. The van der Waals surface area contributed by atoms with Gasteiger partial charge in [0.2, 0.25) is 5.91 Å². The molecule has 0 spiro atoms. The summed E-state index contributed by atoms with van der Waals surface area (Å²) in [6.07, 6.45) is 0. The molecule has 0 saturated heterocycles. The van der Waals surface area contributed by atoms with Crippen molar-refractivity contribution in [1.29, 1.82) is 0 Å². The molecule has 18 heavy (non-hydrogen) atoms. The second-order valence-corrected chi connectivity index (χ2v) is 4.08. The molecule has 1 unspecified atom stereocenters. The van der Waals surface area contributed by atoms with E-state index < -0.39 is 5.97 Å². The van der Waals surface area contributed by atoms with Crippen LogP contribution in [0.3, 0.4) is 0 Å². The van der Waals surface area contributed by atoms with Crippen LogP contribution < -0.4 is 10.6 Å². The van der Waals surface area contributed by atoms with Crippen LogP contribution in [0.1, 0.15) is 24.2 Å². The Labute approximate surface area is 106 Å². The minimum atomic E-state index is -1.01. The maximum atomic E-state index is 11.8. The van der Waals surface area contributed by atoms with Gasteiger partial charge in [-0.1, -0.05) is 19.9 Å². The summed E-state index contributed by atoms with van der Waals surface area (Å²) in [5.74, 6) is -1.30. The topological polar surface area (TPSA) is 78.4 Å². The summed E-state index contributed by atoms with van der Waals surface area (Å²) in [7, 11) is 0. The number of carbonyl (C=O) groups is 2. The van der Waals surface area contributed by atoms with Crippen molar-refractivity contribution in [3.63, 3.8) is 0 Å². The first kappa shape index (κ1) is 14.2. The van der Waals surface area contributed by atoms with Crippen LogP contribution in [-0.2, 0) is 4.79 Å². The number of carboxylic acids is 1. The predicted octanol–water partition coefficient (Wildman–Crippen LogP) is 1.57. The summed E-state index contributed by atoms with van der Waals surface area (Å²) < 4.78 is 0. The molecular weight excluding hydrogens is 232 g/mol. The number of benzene rings is 1. The minimum Gasteiger partial charge on any atom is -0.478 e. The molecule has 0 saturated carbocycles. The van der Waals surface area contributed by atoms with Crippen LogP contribution in [0.25, 0.3) is 0 Å². The van der Waals surface area contributed by atoms with Gasteiger partial charge in [-0.2, -0.15) is 0 Å². The summed E-state index contributed by atoms with van der Waals surface area (Å²) >= 11 is 0. The van der Waals surface area contributed by atoms with E-state index in [9.17, 15) is 9.59 Å². The molecule has 1 rings (SSSR count). The van der Waals surface area contributed by atoms with Gasteiger partial charge in [0.15, 0.2) is 0 Å². The van der Waals surface area contributed by atoms with Crippen LogP contribution in [0.5, 0.6) is 0 Å². The lowest BCUT2D eigenvalue weighted by atomic mass is 10.1. The zero-order valence-corrected chi connectivity index (χ0v) is 10.6. The third-order valence-corrected chi connectivity index (χ3v) is 2.53. The average Bonchev–Trinajstić information content (AvgIpc) is 2.36. The Morgan fingerprint density at radius 1 is 1.39 bits per heavy atom. The fourth-order valence-corrected chi connectivity index (χ4v) is 1.45. The maximum absolute atomic E-state index is 11.8. The highest BCUT2D eigenvalue weighted by Gasteiger charge is 2.13. The Kier molecular flexibility index (Phi) is 5.32. The van der Waals surface area contributed by atoms with Gasteiger partial charge in [-0.15, -0.1) is 0 Å². The maximum Gasteiger partial charge on any atom is 0.335 e. The van der Waals surface area contributed by atoms with Crippen LogP contribution in [0, 0.1) is 5.92 Å². The van der Waals surface area contributed by atoms with E-state index in [0.717, 1.165) is 6.54 Å². The molecule has 0 aliphatic carbocycles. The Morgan fingerprint density at radius 2 is 2.11 bits per heavy atom. The van der Waals surface area contributed by atoms with Crippen LogP contribution in [0.15, 0.2) is 24.3 Å². The van der Waals surface area contributed by atoms with Crippen LogP contribution in [0.4, 0.5) is 5.69 Å². The number of hydrogen-bond acceptors (Lipinski definition) is 3. The number of nitrogens with one attached hydrogen (secondary N) is 2. The molecular formula is C13H18N2O3. The van der Waals surface area contributed by atoms with Crippen molar-refractivity contribution in [2.75, 3.05) is 18.4 Å². The molecule has 1 atom stereocenters. The monoisotopic (exact) mass is 250 g/mol. The largest absolute Gasteiger partial charge is 0.478 e. The molecule has 5 heteroatoms. The lowest BCUT2D eigenvalue weighted by Gasteiger charge is -2.12. The van der Waals surface area contributed by atoms with E-state index in [0.29, 0.717) is 12.2 Å². The van der Waals surface area contributed by atoms with E-state index in [-0.39, 0.29) is 17.4 Å².